The summed E-state index contributed by atoms with van der Waals surface area (Å²) in [7, 11) is 3.13. The zero-order valence-electron chi connectivity index (χ0n) is 8.37. The van der Waals surface area contributed by atoms with E-state index in [1.807, 2.05) is 12.1 Å². The Labute approximate surface area is 101 Å². The average Bonchev–Trinajstić information content (AvgIpc) is 2.27. The van der Waals surface area contributed by atoms with E-state index in [2.05, 4.69) is 10.0 Å². The highest BCUT2D eigenvalue weighted by Crippen LogP contribution is 2.32. The molecular formula is C9H10N4OS2. The molecule has 0 heterocycles. The Morgan fingerprint density at radius 1 is 1.44 bits per heavy atom. The molecule has 2 N–H and O–H groups in total. The van der Waals surface area contributed by atoms with Gasteiger partial charge in [0.25, 0.3) is 0 Å². The zero-order valence-corrected chi connectivity index (χ0v) is 10.0. The van der Waals surface area contributed by atoms with Crippen molar-refractivity contribution in [3.63, 3.8) is 0 Å². The number of benzene rings is 1. The van der Waals surface area contributed by atoms with E-state index < -0.39 is 0 Å². The van der Waals surface area contributed by atoms with Gasteiger partial charge in [0, 0.05) is 27.7 Å². The van der Waals surface area contributed by atoms with Crippen LogP contribution in [-0.2, 0) is 4.79 Å². The van der Waals surface area contributed by atoms with E-state index in [1.54, 1.807) is 33.7 Å². The Kier molecular flexibility index (Phi) is 5.63. The van der Waals surface area contributed by atoms with Crippen LogP contribution in [0.25, 0.3) is 10.4 Å². The van der Waals surface area contributed by atoms with Crippen LogP contribution in [0.4, 0.5) is 5.69 Å². The topological polar surface area (TPSA) is 91.8 Å². The smallest absolute Gasteiger partial charge is 0.218 e. The number of azide groups is 1. The van der Waals surface area contributed by atoms with Crippen molar-refractivity contribution in [2.45, 2.75) is 11.3 Å². The molecule has 1 amide bonds. The van der Waals surface area contributed by atoms with Gasteiger partial charge in [0.2, 0.25) is 5.91 Å². The molecule has 0 unspecified atom stereocenters. The molecule has 1 aromatic carbocycles. The zero-order chi connectivity index (χ0) is 11.8. The van der Waals surface area contributed by atoms with Gasteiger partial charge in [0.05, 0.1) is 0 Å². The molecule has 0 radical (unpaired) electrons. The highest BCUT2D eigenvalue weighted by molar-refractivity contribution is 8.76. The van der Waals surface area contributed by atoms with Crippen molar-refractivity contribution in [2.75, 3.05) is 5.75 Å². The van der Waals surface area contributed by atoms with Gasteiger partial charge in [-0.2, -0.15) is 0 Å². The van der Waals surface area contributed by atoms with Crippen LogP contribution in [-0.4, -0.2) is 11.7 Å². The fourth-order valence-corrected chi connectivity index (χ4v) is 2.86. The highest BCUT2D eigenvalue weighted by atomic mass is 33.1. The van der Waals surface area contributed by atoms with Crippen LogP contribution in [0.1, 0.15) is 6.42 Å². The predicted molar refractivity (Wildman–Crippen MR) is 67.4 cm³/mol. The molecule has 1 aromatic rings. The van der Waals surface area contributed by atoms with Crippen molar-refractivity contribution in [2.24, 2.45) is 10.8 Å². The Balaban J connectivity index is 2.37. The summed E-state index contributed by atoms with van der Waals surface area (Å²) in [5.41, 5.74) is 13.8. The van der Waals surface area contributed by atoms with E-state index in [-0.39, 0.29) is 5.91 Å². The molecule has 0 saturated carbocycles. The molecule has 0 aliphatic heterocycles. The van der Waals surface area contributed by atoms with Gasteiger partial charge in [-0.25, -0.2) is 0 Å². The van der Waals surface area contributed by atoms with Gasteiger partial charge in [-0.15, -0.1) is 0 Å². The van der Waals surface area contributed by atoms with E-state index in [0.29, 0.717) is 17.9 Å². The molecule has 0 aromatic heterocycles. The molecule has 7 heteroatoms. The Hall–Kier alpha value is -1.30. The van der Waals surface area contributed by atoms with E-state index >= 15 is 0 Å². The first-order chi connectivity index (χ1) is 7.72. The Morgan fingerprint density at radius 2 is 2.12 bits per heavy atom. The monoisotopic (exact) mass is 254 g/mol. The van der Waals surface area contributed by atoms with Gasteiger partial charge in [-0.3, -0.25) is 4.79 Å². The summed E-state index contributed by atoms with van der Waals surface area (Å²) in [6.07, 6.45) is 0.383. The molecule has 0 aliphatic carbocycles. The number of carbonyl (C=O) groups excluding carboxylic acids is 1. The minimum atomic E-state index is -0.285. The normalized spacial score (nSPS) is 9.50. The van der Waals surface area contributed by atoms with Crippen LogP contribution in [0.3, 0.4) is 0 Å². The first kappa shape index (κ1) is 12.8. The van der Waals surface area contributed by atoms with Crippen molar-refractivity contribution in [3.8, 4) is 0 Å². The lowest BCUT2D eigenvalue weighted by Gasteiger charge is -2.00. The van der Waals surface area contributed by atoms with E-state index in [4.69, 9.17) is 11.3 Å². The predicted octanol–water partition coefficient (Wildman–Crippen LogP) is 3.24. The second-order valence-corrected chi connectivity index (χ2v) is 5.29. The maximum atomic E-state index is 10.5. The van der Waals surface area contributed by atoms with Gasteiger partial charge in [-0.1, -0.05) is 38.8 Å². The SMILES string of the molecule is [N-]=[N+]=Nc1ccc(SSCCC(N)=O)cc1. The van der Waals surface area contributed by atoms with Crippen molar-refractivity contribution in [1.29, 1.82) is 0 Å². The number of carbonyl (C=O) groups is 1. The molecule has 1 rings (SSSR count). The molecule has 0 atom stereocenters. The lowest BCUT2D eigenvalue weighted by Crippen LogP contribution is -2.10. The van der Waals surface area contributed by atoms with Gasteiger partial charge in [-0.05, 0) is 17.7 Å². The number of amides is 1. The second kappa shape index (κ2) is 7.05. The third-order valence-electron chi connectivity index (χ3n) is 1.58. The van der Waals surface area contributed by atoms with Crippen molar-refractivity contribution in [3.05, 3.63) is 34.7 Å². The molecule has 0 saturated heterocycles. The summed E-state index contributed by atoms with van der Waals surface area (Å²) < 4.78 is 0. The number of primary amides is 1. The average molecular weight is 254 g/mol. The first-order valence-corrected chi connectivity index (χ1v) is 6.77. The molecule has 0 spiro atoms. The van der Waals surface area contributed by atoms with Crippen LogP contribution in [0.15, 0.2) is 34.3 Å². The summed E-state index contributed by atoms with van der Waals surface area (Å²) in [6.45, 7) is 0. The molecule has 84 valence electrons. The maximum Gasteiger partial charge on any atom is 0.218 e. The maximum absolute atomic E-state index is 10.5. The molecule has 5 nitrogen and oxygen atoms in total. The van der Waals surface area contributed by atoms with E-state index in [0.717, 1.165) is 4.90 Å². The lowest BCUT2D eigenvalue weighted by atomic mass is 10.3. The van der Waals surface area contributed by atoms with E-state index in [9.17, 15) is 4.79 Å². The minimum Gasteiger partial charge on any atom is -0.370 e. The highest BCUT2D eigenvalue weighted by Gasteiger charge is 1.97. The van der Waals surface area contributed by atoms with Gasteiger partial charge >= 0.3 is 0 Å². The summed E-state index contributed by atoms with van der Waals surface area (Å²) in [5, 5.41) is 3.47. The fourth-order valence-electron chi connectivity index (χ4n) is 0.872. The summed E-state index contributed by atoms with van der Waals surface area (Å²) in [4.78, 5) is 14.2. The molecule has 0 aliphatic rings. The van der Waals surface area contributed by atoms with Crippen LogP contribution < -0.4 is 5.73 Å². The number of nitrogens with zero attached hydrogens (tertiary/aromatic N) is 3. The standard InChI is InChI=1S/C9H10N4OS2/c10-9(14)5-6-15-16-8-3-1-7(2-4-8)12-13-11/h1-4H,5-6H2,(H2,10,14). The summed E-state index contributed by atoms with van der Waals surface area (Å²) >= 11 is 0. The van der Waals surface area contributed by atoms with Gasteiger partial charge in [0.15, 0.2) is 0 Å². The quantitative estimate of drug-likeness (QED) is 0.277. The third-order valence-corrected chi connectivity index (χ3v) is 3.97. The van der Waals surface area contributed by atoms with Crippen LogP contribution in [0.5, 0.6) is 0 Å². The number of hydrogen-bond donors (Lipinski definition) is 1. The van der Waals surface area contributed by atoms with Crippen LogP contribution >= 0.6 is 21.6 Å². The second-order valence-electron chi connectivity index (χ2n) is 2.80. The molecule has 0 fully saturated rings. The lowest BCUT2D eigenvalue weighted by molar-refractivity contribution is -0.117. The fraction of sp³-hybridized carbons (Fsp3) is 0.222. The first-order valence-electron chi connectivity index (χ1n) is 4.45. The largest absolute Gasteiger partial charge is 0.370 e. The molecule has 0 bridgehead atoms. The number of rotatable bonds is 6. The van der Waals surface area contributed by atoms with Gasteiger partial charge in [0.1, 0.15) is 0 Å². The summed E-state index contributed by atoms with van der Waals surface area (Å²) in [6, 6.07) is 7.23. The van der Waals surface area contributed by atoms with Crippen molar-refractivity contribution >= 4 is 33.2 Å². The molecular weight excluding hydrogens is 244 g/mol. The van der Waals surface area contributed by atoms with E-state index in [1.165, 1.54) is 0 Å². The number of nitrogens with two attached hydrogens (primary N) is 1. The van der Waals surface area contributed by atoms with Crippen molar-refractivity contribution < 1.29 is 4.79 Å². The van der Waals surface area contributed by atoms with Crippen LogP contribution in [0.2, 0.25) is 0 Å². The van der Waals surface area contributed by atoms with Crippen molar-refractivity contribution in [1.82, 2.24) is 0 Å². The van der Waals surface area contributed by atoms with Gasteiger partial charge < -0.3 is 5.73 Å². The number of hydrogen-bond acceptors (Lipinski definition) is 4. The summed E-state index contributed by atoms with van der Waals surface area (Å²) in [5.74, 6) is 0.407. The molecule has 16 heavy (non-hydrogen) atoms. The van der Waals surface area contributed by atoms with Crippen LogP contribution in [0, 0.1) is 0 Å². The Bertz CT molecular complexity index is 400. The minimum absolute atomic E-state index is 0.285. The third kappa shape index (κ3) is 4.97. The Morgan fingerprint density at radius 3 is 2.69 bits per heavy atom.